The molecule has 42 heavy (non-hydrogen) atoms. The number of thiol groups is 1. The van der Waals surface area contributed by atoms with Gasteiger partial charge in [-0.25, -0.2) is 18.1 Å². The molecule has 2 aliphatic heterocycles. The Kier molecular flexibility index (Phi) is 8.18. The van der Waals surface area contributed by atoms with Crippen molar-refractivity contribution in [3.63, 3.8) is 0 Å². The molecule has 0 unspecified atom stereocenters. The highest BCUT2D eigenvalue weighted by Crippen LogP contribution is 2.65. The molecule has 1 aromatic carbocycles. The van der Waals surface area contributed by atoms with Crippen LogP contribution in [0.1, 0.15) is 45.5 Å². The van der Waals surface area contributed by atoms with Gasteiger partial charge in [0.25, 0.3) is 0 Å². The van der Waals surface area contributed by atoms with Crippen LogP contribution in [0, 0.1) is 29.1 Å². The summed E-state index contributed by atoms with van der Waals surface area (Å²) in [5.41, 5.74) is 0.489. The Morgan fingerprint density at radius 1 is 1.31 bits per heavy atom. The normalized spacial score (nSPS) is 27.8. The third kappa shape index (κ3) is 5.80. The van der Waals surface area contributed by atoms with Crippen molar-refractivity contribution in [2.24, 2.45) is 29.1 Å². The first-order chi connectivity index (χ1) is 19.5. The molecule has 2 saturated heterocycles. The predicted molar refractivity (Wildman–Crippen MR) is 163 cm³/mol. The van der Waals surface area contributed by atoms with Gasteiger partial charge in [0.2, 0.25) is 27.7 Å². The lowest BCUT2D eigenvalue weighted by atomic mass is 9.93. The summed E-state index contributed by atoms with van der Waals surface area (Å²) in [6.45, 7) is 8.42. The highest BCUT2D eigenvalue weighted by Gasteiger charge is 2.69. The number of thiazole rings is 1. The number of benzene rings is 1. The summed E-state index contributed by atoms with van der Waals surface area (Å²) >= 11 is 5.90. The number of rotatable bonds is 10. The second-order valence-corrected chi connectivity index (χ2v) is 16.3. The standard InChI is InChI=1S/C28H39N5O6S3/c1-14(2)21(32-42(5,38)39)25(36)33-13-16-20(27(16,3)4)22(33)24(35)31-19(12-15-10-11-29-23(15)34)28(37,40)26-30-17-8-6-7-9-18(17)41-26/h6-9,14-16,19-22,32,37,40H,10-13H2,1-5H3,(H,29,34)(H,31,35)/t15-,16-,19-,20-,21-,22-,28+/m0/s1. The number of nitrogens with one attached hydrogen (secondary N) is 3. The number of aliphatic hydroxyl groups is 1. The van der Waals surface area contributed by atoms with Gasteiger partial charge in [0, 0.05) is 19.0 Å². The molecule has 14 heteroatoms. The number of hydrogen-bond acceptors (Lipinski definition) is 9. The minimum atomic E-state index is -3.69. The largest absolute Gasteiger partial charge is 0.371 e. The molecule has 230 valence electrons. The van der Waals surface area contributed by atoms with Gasteiger partial charge in [-0.05, 0) is 48.1 Å². The van der Waals surface area contributed by atoms with E-state index in [1.54, 1.807) is 13.8 Å². The van der Waals surface area contributed by atoms with Crippen LogP contribution in [0.2, 0.25) is 0 Å². The first kappa shape index (κ1) is 31.2. The quantitative estimate of drug-likeness (QED) is 0.195. The minimum absolute atomic E-state index is 0.0708. The molecule has 1 aromatic heterocycles. The highest BCUT2D eigenvalue weighted by atomic mass is 32.2. The fraction of sp³-hybridized carbons (Fsp3) is 0.643. The van der Waals surface area contributed by atoms with Crippen molar-refractivity contribution in [2.45, 2.75) is 63.6 Å². The van der Waals surface area contributed by atoms with E-state index in [1.165, 1.54) is 16.2 Å². The molecular weight excluding hydrogens is 599 g/mol. The number of hydrogen-bond donors (Lipinski definition) is 5. The maximum Gasteiger partial charge on any atom is 0.243 e. The number of amides is 3. The van der Waals surface area contributed by atoms with Gasteiger partial charge in [-0.2, -0.15) is 0 Å². The minimum Gasteiger partial charge on any atom is -0.371 e. The van der Waals surface area contributed by atoms with Gasteiger partial charge in [-0.3, -0.25) is 14.4 Å². The third-order valence-electron chi connectivity index (χ3n) is 9.13. The molecule has 0 spiro atoms. The van der Waals surface area contributed by atoms with Crippen LogP contribution in [0.5, 0.6) is 0 Å². The molecule has 7 atom stereocenters. The summed E-state index contributed by atoms with van der Waals surface area (Å²) in [5.74, 6) is -1.96. The van der Waals surface area contributed by atoms with Crippen LogP contribution in [0.15, 0.2) is 24.3 Å². The van der Waals surface area contributed by atoms with Crippen molar-refractivity contribution >= 4 is 61.9 Å². The Bertz CT molecular complexity index is 1470. The number of fused-ring (bicyclic) bond motifs is 2. The molecule has 3 aliphatic rings. The monoisotopic (exact) mass is 637 g/mol. The molecular formula is C28H39N5O6S3. The summed E-state index contributed by atoms with van der Waals surface area (Å²) in [5, 5.41) is 17.9. The Morgan fingerprint density at radius 3 is 2.60 bits per heavy atom. The maximum atomic E-state index is 14.2. The van der Waals surface area contributed by atoms with E-state index in [4.69, 9.17) is 0 Å². The fourth-order valence-electron chi connectivity index (χ4n) is 6.61. The number of piperidine rings is 1. The number of para-hydroxylation sites is 1. The van der Waals surface area contributed by atoms with E-state index in [0.717, 1.165) is 11.0 Å². The van der Waals surface area contributed by atoms with Gasteiger partial charge in [-0.15, -0.1) is 24.0 Å². The van der Waals surface area contributed by atoms with Crippen LogP contribution in [-0.2, 0) is 29.3 Å². The summed E-state index contributed by atoms with van der Waals surface area (Å²) in [7, 11) is -3.69. The number of likely N-dealkylation sites (tertiary alicyclic amines) is 1. The van der Waals surface area contributed by atoms with Crippen LogP contribution in [0.25, 0.3) is 10.2 Å². The Labute approximate surface area is 255 Å². The summed E-state index contributed by atoms with van der Waals surface area (Å²) in [6.07, 6.45) is 1.67. The van der Waals surface area contributed by atoms with E-state index in [9.17, 15) is 27.9 Å². The van der Waals surface area contributed by atoms with Gasteiger partial charge in [0.05, 0.1) is 22.5 Å². The third-order valence-corrected chi connectivity index (χ3v) is 11.6. The van der Waals surface area contributed by atoms with Crippen LogP contribution < -0.4 is 15.4 Å². The van der Waals surface area contributed by atoms with Gasteiger partial charge >= 0.3 is 0 Å². The molecule has 3 amide bonds. The molecule has 5 rings (SSSR count). The van der Waals surface area contributed by atoms with Crippen LogP contribution >= 0.6 is 24.0 Å². The van der Waals surface area contributed by atoms with E-state index in [0.29, 0.717) is 25.0 Å². The van der Waals surface area contributed by atoms with Gasteiger partial charge in [0.1, 0.15) is 17.1 Å². The van der Waals surface area contributed by atoms with E-state index in [1.807, 2.05) is 24.3 Å². The molecule has 4 N–H and O–H groups in total. The molecule has 3 fully saturated rings. The van der Waals surface area contributed by atoms with E-state index in [2.05, 4.69) is 46.8 Å². The summed E-state index contributed by atoms with van der Waals surface area (Å²) < 4.78 is 27.4. The fourth-order valence-corrected chi connectivity index (χ4v) is 8.81. The number of nitrogens with zero attached hydrogens (tertiary/aromatic N) is 2. The Morgan fingerprint density at radius 2 is 2.00 bits per heavy atom. The van der Waals surface area contributed by atoms with Gasteiger partial charge in [0.15, 0.2) is 4.93 Å². The lowest BCUT2D eigenvalue weighted by molar-refractivity contribution is -0.143. The first-order valence-corrected chi connectivity index (χ1v) is 17.3. The Balaban J connectivity index is 1.46. The zero-order valence-electron chi connectivity index (χ0n) is 24.3. The average molecular weight is 638 g/mol. The predicted octanol–water partition coefficient (Wildman–Crippen LogP) is 1.44. The number of aromatic nitrogens is 1. The molecule has 0 radical (unpaired) electrons. The summed E-state index contributed by atoms with van der Waals surface area (Å²) in [4.78, 5) is 44.6. The smallest absolute Gasteiger partial charge is 0.243 e. The molecule has 1 saturated carbocycles. The average Bonchev–Trinajstić information content (AvgIpc) is 3.41. The molecule has 11 nitrogen and oxygen atoms in total. The lowest BCUT2D eigenvalue weighted by Crippen LogP contribution is -2.59. The Hall–Kier alpha value is -2.26. The number of carbonyl (C=O) groups excluding carboxylic acids is 3. The topological polar surface area (TPSA) is 158 Å². The van der Waals surface area contributed by atoms with Gasteiger partial charge in [-0.1, -0.05) is 39.8 Å². The van der Waals surface area contributed by atoms with E-state index >= 15 is 0 Å². The van der Waals surface area contributed by atoms with E-state index in [-0.39, 0.29) is 40.5 Å². The molecule has 1 aliphatic carbocycles. The molecule has 2 aromatic rings. The SMILES string of the molecule is CC(C)[C@H](NS(C)(=O)=O)C(=O)N1C[C@H]2[C@@H]([C@H]1C(=O)N[C@@H](C[C@@H]1CCNC1=O)[C@@](O)(S)c1nc3ccccc3s1)C2(C)C. The molecule has 0 bridgehead atoms. The van der Waals surface area contributed by atoms with Crippen molar-refractivity contribution in [3.05, 3.63) is 29.3 Å². The zero-order valence-corrected chi connectivity index (χ0v) is 26.9. The first-order valence-electron chi connectivity index (χ1n) is 14.2. The van der Waals surface area contributed by atoms with Crippen LogP contribution in [0.3, 0.4) is 0 Å². The molecule has 3 heterocycles. The number of carbonyl (C=O) groups is 3. The zero-order chi connectivity index (χ0) is 30.8. The van der Waals surface area contributed by atoms with Crippen LogP contribution in [0.4, 0.5) is 0 Å². The van der Waals surface area contributed by atoms with Crippen molar-refractivity contribution in [3.8, 4) is 0 Å². The van der Waals surface area contributed by atoms with Gasteiger partial charge < -0.3 is 20.6 Å². The van der Waals surface area contributed by atoms with Crippen molar-refractivity contribution < 1.29 is 27.9 Å². The highest BCUT2D eigenvalue weighted by molar-refractivity contribution is 7.88. The van der Waals surface area contributed by atoms with Crippen molar-refractivity contribution in [2.75, 3.05) is 19.3 Å². The van der Waals surface area contributed by atoms with E-state index < -0.39 is 50.8 Å². The second-order valence-electron chi connectivity index (χ2n) is 12.8. The van der Waals surface area contributed by atoms with Crippen LogP contribution in [-0.4, -0.2) is 78.6 Å². The maximum absolute atomic E-state index is 14.2. The van der Waals surface area contributed by atoms with Crippen molar-refractivity contribution in [1.29, 1.82) is 0 Å². The van der Waals surface area contributed by atoms with Crippen molar-refractivity contribution in [1.82, 2.24) is 25.2 Å². The number of sulfonamides is 1. The summed E-state index contributed by atoms with van der Waals surface area (Å²) in [6, 6.07) is 4.50. The lowest BCUT2D eigenvalue weighted by Gasteiger charge is -2.37. The second kappa shape index (κ2) is 11.0.